The van der Waals surface area contributed by atoms with Gasteiger partial charge in [-0.2, -0.15) is 0 Å². The van der Waals surface area contributed by atoms with Crippen LogP contribution >= 0.6 is 0 Å². The van der Waals surface area contributed by atoms with Gasteiger partial charge in [0, 0.05) is 13.2 Å². The number of hydrogen-bond acceptors (Lipinski definition) is 3. The van der Waals surface area contributed by atoms with E-state index in [0.717, 1.165) is 26.1 Å². The van der Waals surface area contributed by atoms with Crippen molar-refractivity contribution in [3.63, 3.8) is 0 Å². The average molecular weight is 149 g/mol. The zero-order chi connectivity index (χ0) is 8.24. The fourth-order valence-electron chi connectivity index (χ4n) is 0.391. The second kappa shape index (κ2) is 15.8. The average Bonchev–Trinajstić information content (AvgIpc) is 1.91. The van der Waals surface area contributed by atoms with E-state index in [0.29, 0.717) is 0 Å². The fraction of sp³-hybridized carbons (Fsp3) is 1.00. The van der Waals surface area contributed by atoms with Crippen molar-refractivity contribution in [2.75, 3.05) is 13.2 Å². The maximum Gasteiger partial charge on any atom is 0.152 e. The first-order chi connectivity index (χ1) is 4.83. The van der Waals surface area contributed by atoms with Crippen LogP contribution in [0.2, 0.25) is 0 Å². The minimum Gasteiger partial charge on any atom is -0.381 e. The van der Waals surface area contributed by atoms with Crippen molar-refractivity contribution in [3.8, 4) is 0 Å². The normalized spacial score (nSPS) is 7.80. The molecular formula is C6H15NO3. The van der Waals surface area contributed by atoms with Gasteiger partial charge in [-0.15, -0.1) is 4.91 Å². The Labute approximate surface area is 61.1 Å². The Kier molecular flexibility index (Phi) is 19.0. The summed E-state index contributed by atoms with van der Waals surface area (Å²) in [4.78, 5) is 8.11. The zero-order valence-electron chi connectivity index (χ0n) is 6.54. The summed E-state index contributed by atoms with van der Waals surface area (Å²) in [6, 6.07) is 0. The van der Waals surface area contributed by atoms with E-state index in [1.54, 1.807) is 0 Å². The molecule has 10 heavy (non-hydrogen) atoms. The molecule has 0 aromatic rings. The van der Waals surface area contributed by atoms with Gasteiger partial charge in [-0.05, 0) is 12.8 Å². The minimum absolute atomic E-state index is 0.924. The van der Waals surface area contributed by atoms with Crippen molar-refractivity contribution in [3.05, 3.63) is 4.91 Å². The largest absolute Gasteiger partial charge is 0.381 e. The second-order valence-electron chi connectivity index (χ2n) is 1.69. The van der Waals surface area contributed by atoms with Crippen LogP contribution in [0.4, 0.5) is 0 Å². The van der Waals surface area contributed by atoms with E-state index in [9.17, 15) is 0 Å². The quantitative estimate of drug-likeness (QED) is 0.377. The first kappa shape index (κ1) is 12.1. The molecule has 62 valence electrons. The highest BCUT2D eigenvalue weighted by Gasteiger charge is 1.77. The third kappa shape index (κ3) is 26.4. The summed E-state index contributed by atoms with van der Waals surface area (Å²) in [7, 11) is 0. The summed E-state index contributed by atoms with van der Waals surface area (Å²) >= 11 is 0. The molecule has 0 aromatic carbocycles. The van der Waals surface area contributed by atoms with Gasteiger partial charge in [0.2, 0.25) is 0 Å². The lowest BCUT2D eigenvalue weighted by Crippen LogP contribution is -1.92. The lowest BCUT2D eigenvalue weighted by Gasteiger charge is -1.95. The Morgan fingerprint density at radius 3 is 1.80 bits per heavy atom. The molecular weight excluding hydrogens is 134 g/mol. The predicted octanol–water partition coefficient (Wildman–Crippen LogP) is 1.96. The molecule has 0 fully saturated rings. The van der Waals surface area contributed by atoms with Gasteiger partial charge in [0.25, 0.3) is 0 Å². The summed E-state index contributed by atoms with van der Waals surface area (Å²) in [5, 5.41) is 7.89. The fourth-order valence-corrected chi connectivity index (χ4v) is 0.391. The first-order valence-electron chi connectivity index (χ1n) is 3.37. The summed E-state index contributed by atoms with van der Waals surface area (Å²) < 4.78 is 5.13. The van der Waals surface area contributed by atoms with Crippen LogP contribution < -0.4 is 0 Å². The van der Waals surface area contributed by atoms with Crippen LogP contribution in [0, 0.1) is 4.91 Å². The lowest BCUT2D eigenvalue weighted by molar-refractivity contribution is 0.135. The molecule has 0 heterocycles. The molecule has 4 heteroatoms. The van der Waals surface area contributed by atoms with Crippen molar-refractivity contribution in [1.29, 1.82) is 0 Å². The van der Waals surface area contributed by atoms with E-state index in [-0.39, 0.29) is 0 Å². The van der Waals surface area contributed by atoms with E-state index in [4.69, 9.17) is 14.9 Å². The number of hydrogen-bond donors (Lipinski definition) is 1. The summed E-state index contributed by atoms with van der Waals surface area (Å²) in [5.74, 6) is 0. The maximum atomic E-state index is 8.11. The summed E-state index contributed by atoms with van der Waals surface area (Å²) in [5.41, 5.74) is 0. The van der Waals surface area contributed by atoms with Crippen LogP contribution in [0.1, 0.15) is 26.7 Å². The Balaban J connectivity index is 0. The van der Waals surface area contributed by atoms with Gasteiger partial charge < -0.3 is 9.94 Å². The van der Waals surface area contributed by atoms with Crippen molar-refractivity contribution in [2.45, 2.75) is 26.7 Å². The third-order valence-corrected chi connectivity index (χ3v) is 0.697. The highest BCUT2D eigenvalue weighted by molar-refractivity contribution is 4.25. The second-order valence-corrected chi connectivity index (χ2v) is 1.69. The van der Waals surface area contributed by atoms with Crippen molar-refractivity contribution in [1.82, 2.24) is 0 Å². The number of nitrogens with zero attached hydrogens (tertiary/aromatic N) is 1. The summed E-state index contributed by atoms with van der Waals surface area (Å²) in [6.07, 6.45) is 2.28. The minimum atomic E-state index is 0.924. The predicted molar refractivity (Wildman–Crippen MR) is 39.0 cm³/mol. The van der Waals surface area contributed by atoms with Crippen LogP contribution in [0.3, 0.4) is 0 Å². The highest BCUT2D eigenvalue weighted by atomic mass is 16.6. The Morgan fingerprint density at radius 1 is 1.30 bits per heavy atom. The van der Waals surface area contributed by atoms with Crippen LogP contribution in [0.5, 0.6) is 0 Å². The SMILES string of the molecule is CCCOCCC.O=NO. The maximum absolute atomic E-state index is 8.11. The standard InChI is InChI=1S/C6H14O.HNO2/c1-3-5-7-6-4-2;2-1-3/h3-6H2,1-2H3;(H,2,3). The molecule has 0 spiro atoms. The molecule has 0 rings (SSSR count). The van der Waals surface area contributed by atoms with Crippen molar-refractivity contribution in [2.24, 2.45) is 5.34 Å². The molecule has 0 atom stereocenters. The molecule has 0 saturated heterocycles. The molecule has 4 nitrogen and oxygen atoms in total. The van der Waals surface area contributed by atoms with Gasteiger partial charge in [0.15, 0.2) is 5.34 Å². The molecule has 0 unspecified atom stereocenters. The molecule has 0 aliphatic rings. The summed E-state index contributed by atoms with van der Waals surface area (Å²) in [6.45, 7) is 6.09. The molecule has 0 amide bonds. The van der Waals surface area contributed by atoms with Crippen molar-refractivity contribution < 1.29 is 9.94 Å². The van der Waals surface area contributed by atoms with E-state index >= 15 is 0 Å². The van der Waals surface area contributed by atoms with Crippen LogP contribution in [0.15, 0.2) is 5.34 Å². The van der Waals surface area contributed by atoms with Gasteiger partial charge in [-0.25, -0.2) is 0 Å². The smallest absolute Gasteiger partial charge is 0.152 e. The lowest BCUT2D eigenvalue weighted by atomic mass is 10.5. The van der Waals surface area contributed by atoms with Gasteiger partial charge in [-0.3, -0.25) is 0 Å². The van der Waals surface area contributed by atoms with Crippen LogP contribution in [-0.2, 0) is 4.74 Å². The Hall–Kier alpha value is -0.640. The zero-order valence-corrected chi connectivity index (χ0v) is 6.54. The van der Waals surface area contributed by atoms with E-state index in [1.165, 1.54) is 5.34 Å². The molecule has 0 aromatic heterocycles. The first-order valence-corrected chi connectivity index (χ1v) is 3.37. The van der Waals surface area contributed by atoms with Gasteiger partial charge >= 0.3 is 0 Å². The van der Waals surface area contributed by atoms with Crippen molar-refractivity contribution >= 4 is 0 Å². The van der Waals surface area contributed by atoms with Crippen LogP contribution in [0.25, 0.3) is 0 Å². The van der Waals surface area contributed by atoms with Crippen LogP contribution in [-0.4, -0.2) is 18.4 Å². The van der Waals surface area contributed by atoms with E-state index in [2.05, 4.69) is 13.8 Å². The molecule has 0 radical (unpaired) electrons. The van der Waals surface area contributed by atoms with Gasteiger partial charge in [-0.1, -0.05) is 13.8 Å². The van der Waals surface area contributed by atoms with E-state index in [1.807, 2.05) is 0 Å². The molecule has 0 bridgehead atoms. The molecule has 1 N–H and O–H groups in total. The molecule has 0 saturated carbocycles. The molecule has 0 aliphatic heterocycles. The monoisotopic (exact) mass is 149 g/mol. The Bertz CT molecular complexity index is 55.0. The van der Waals surface area contributed by atoms with Gasteiger partial charge in [0.1, 0.15) is 0 Å². The van der Waals surface area contributed by atoms with E-state index < -0.39 is 0 Å². The van der Waals surface area contributed by atoms with Gasteiger partial charge in [0.05, 0.1) is 0 Å². The topological polar surface area (TPSA) is 58.9 Å². The number of ether oxygens (including phenoxy) is 1. The third-order valence-electron chi connectivity index (χ3n) is 0.697. The number of rotatable bonds is 4. The highest BCUT2D eigenvalue weighted by Crippen LogP contribution is 1.81. The molecule has 0 aliphatic carbocycles. The Morgan fingerprint density at radius 2 is 1.60 bits per heavy atom.